The van der Waals surface area contributed by atoms with Gasteiger partial charge < -0.3 is 40.5 Å². The van der Waals surface area contributed by atoms with Gasteiger partial charge in [0.2, 0.25) is 17.8 Å². The van der Waals surface area contributed by atoms with Crippen molar-refractivity contribution >= 4 is 42.1 Å². The van der Waals surface area contributed by atoms with Crippen molar-refractivity contribution in [3.8, 4) is 0 Å². The molecule has 0 aromatic heterocycles. The van der Waals surface area contributed by atoms with Crippen LogP contribution < -0.4 is 26.6 Å². The van der Waals surface area contributed by atoms with Gasteiger partial charge in [0.15, 0.2) is 0 Å². The van der Waals surface area contributed by atoms with Crippen molar-refractivity contribution in [3.63, 3.8) is 0 Å². The Morgan fingerprint density at radius 2 is 1.15 bits per heavy atom. The third-order valence-corrected chi connectivity index (χ3v) is 5.55. The third kappa shape index (κ3) is 26.1. The molecular weight excluding hydrogens is 606 g/mol. The molecule has 7 N–H and O–H groups in total. The van der Waals surface area contributed by atoms with E-state index in [-0.39, 0.29) is 25.5 Å². The predicted molar refractivity (Wildman–Crippen MR) is 170 cm³/mol. The fraction of sp³-hybridized carbons (Fsp3) is 0.759. The smallest absolute Gasteiger partial charge is 0.414 e. The van der Waals surface area contributed by atoms with Crippen LogP contribution in [0.15, 0.2) is 4.99 Å². The number of carboxylic acid groups (broad SMARTS) is 2. The average Bonchev–Trinajstić information content (AvgIpc) is 2.88. The van der Waals surface area contributed by atoms with Crippen molar-refractivity contribution in [2.45, 2.75) is 104 Å². The van der Waals surface area contributed by atoms with E-state index in [1.165, 1.54) is 4.90 Å². The zero-order valence-corrected chi connectivity index (χ0v) is 28.0. The van der Waals surface area contributed by atoms with Crippen molar-refractivity contribution in [2.24, 2.45) is 4.99 Å². The van der Waals surface area contributed by atoms with Crippen molar-refractivity contribution < 1.29 is 48.5 Å². The number of rotatable bonds is 18. The molecule has 0 saturated carbocycles. The molecular formula is C29H53N7O10. The summed E-state index contributed by atoms with van der Waals surface area (Å²) in [6, 6.07) is 0. The number of amides is 6. The molecule has 0 aliphatic carbocycles. The molecule has 0 fully saturated rings. The maximum atomic E-state index is 12.5. The Morgan fingerprint density at radius 1 is 0.630 bits per heavy atom. The average molecular weight is 660 g/mol. The van der Waals surface area contributed by atoms with E-state index >= 15 is 0 Å². The molecule has 46 heavy (non-hydrogen) atoms. The molecule has 0 radical (unpaired) electrons. The Hall–Kier alpha value is -4.31. The van der Waals surface area contributed by atoms with Gasteiger partial charge in [0.05, 0.1) is 0 Å². The summed E-state index contributed by atoms with van der Waals surface area (Å²) in [5.74, 6) is -1.03. The number of nitrogens with one attached hydrogen (secondary N) is 5. The standard InChI is InChI=1S/C29H53N7O10/c1-28(2,3)45-26(43)35-23(34-25(41)42)32-16-10-8-7-9-14-30-21(37)20-22(38)31-15-11-12-18-36(19-13-17-33-24(39)40)27(44)46-29(4,5)6/h33H,7-20H2,1-6H3,(H,30,37)(H,31,38)(H,39,40)(H,41,42)(H2,32,34,35,43). The number of nitrogens with zero attached hydrogens (tertiary/aromatic N) is 2. The summed E-state index contributed by atoms with van der Waals surface area (Å²) in [5.41, 5.74) is -1.42. The molecule has 0 aromatic carbocycles. The van der Waals surface area contributed by atoms with Crippen LogP contribution in [-0.2, 0) is 19.1 Å². The van der Waals surface area contributed by atoms with E-state index in [0.717, 1.165) is 12.8 Å². The highest BCUT2D eigenvalue weighted by molar-refractivity contribution is 6.00. The SMILES string of the molecule is CC(C)(C)OC(=O)NC(=NCCCCCCNC(=O)CC(=O)NCCCCN(CCCNC(=O)O)C(=O)OC(C)(C)C)NC(=O)O. The molecule has 0 saturated heterocycles. The summed E-state index contributed by atoms with van der Waals surface area (Å²) < 4.78 is 10.5. The van der Waals surface area contributed by atoms with Crippen LogP contribution in [0.3, 0.4) is 0 Å². The molecule has 17 heteroatoms. The van der Waals surface area contributed by atoms with E-state index in [0.29, 0.717) is 58.3 Å². The minimum atomic E-state index is -1.37. The molecule has 0 aliphatic heterocycles. The van der Waals surface area contributed by atoms with Crippen LogP contribution in [0.5, 0.6) is 0 Å². The van der Waals surface area contributed by atoms with Gasteiger partial charge in [-0.25, -0.2) is 19.2 Å². The van der Waals surface area contributed by atoms with Gasteiger partial charge in [-0.05, 0) is 73.6 Å². The van der Waals surface area contributed by atoms with E-state index in [9.17, 15) is 28.8 Å². The first-order chi connectivity index (χ1) is 21.4. The van der Waals surface area contributed by atoms with Crippen LogP contribution >= 0.6 is 0 Å². The number of hydrogen-bond acceptors (Lipinski definition) is 9. The number of aliphatic imine (C=N–C) groups is 1. The molecule has 0 aromatic rings. The van der Waals surface area contributed by atoms with Gasteiger partial charge in [0.25, 0.3) is 0 Å². The topological polar surface area (TPSA) is 237 Å². The van der Waals surface area contributed by atoms with Gasteiger partial charge in [-0.2, -0.15) is 0 Å². The summed E-state index contributed by atoms with van der Waals surface area (Å²) in [5, 5.41) is 29.6. The molecule has 0 spiro atoms. The molecule has 17 nitrogen and oxygen atoms in total. The summed E-state index contributed by atoms with van der Waals surface area (Å²) >= 11 is 0. The van der Waals surface area contributed by atoms with Crippen LogP contribution in [0, 0.1) is 0 Å². The van der Waals surface area contributed by atoms with Gasteiger partial charge in [0, 0.05) is 39.3 Å². The van der Waals surface area contributed by atoms with Crippen molar-refractivity contribution in [2.75, 3.05) is 39.3 Å². The number of carbonyl (C=O) groups excluding carboxylic acids is 4. The minimum Gasteiger partial charge on any atom is -0.465 e. The van der Waals surface area contributed by atoms with Crippen LogP contribution in [-0.4, -0.2) is 108 Å². The van der Waals surface area contributed by atoms with Crippen LogP contribution in [0.4, 0.5) is 19.2 Å². The highest BCUT2D eigenvalue weighted by Crippen LogP contribution is 2.11. The third-order valence-electron chi connectivity index (χ3n) is 5.55. The highest BCUT2D eigenvalue weighted by atomic mass is 16.6. The maximum absolute atomic E-state index is 12.5. The number of unbranched alkanes of at least 4 members (excludes halogenated alkanes) is 4. The largest absolute Gasteiger partial charge is 0.465 e. The quantitative estimate of drug-likeness (QED) is 0.0491. The Bertz CT molecular complexity index is 1020. The summed E-state index contributed by atoms with van der Waals surface area (Å²) in [6.07, 6.45) is 0.233. The monoisotopic (exact) mass is 659 g/mol. The van der Waals surface area contributed by atoms with Gasteiger partial charge in [-0.3, -0.25) is 25.2 Å². The normalized spacial score (nSPS) is 11.6. The number of guanidine groups is 1. The van der Waals surface area contributed by atoms with E-state index < -0.39 is 47.4 Å². The van der Waals surface area contributed by atoms with E-state index in [2.05, 4.69) is 26.3 Å². The Kier molecular flexibility index (Phi) is 20.2. The zero-order chi connectivity index (χ0) is 35.2. The van der Waals surface area contributed by atoms with Crippen molar-refractivity contribution in [1.82, 2.24) is 31.5 Å². The van der Waals surface area contributed by atoms with Crippen molar-refractivity contribution in [3.05, 3.63) is 0 Å². The zero-order valence-electron chi connectivity index (χ0n) is 28.0. The Morgan fingerprint density at radius 3 is 1.70 bits per heavy atom. The van der Waals surface area contributed by atoms with Crippen molar-refractivity contribution in [1.29, 1.82) is 0 Å². The fourth-order valence-corrected chi connectivity index (χ4v) is 3.63. The molecule has 0 atom stereocenters. The molecule has 0 aliphatic rings. The lowest BCUT2D eigenvalue weighted by Gasteiger charge is -2.27. The van der Waals surface area contributed by atoms with Gasteiger partial charge in [-0.15, -0.1) is 0 Å². The molecule has 0 unspecified atom stereocenters. The predicted octanol–water partition coefficient (Wildman–Crippen LogP) is 2.99. The van der Waals surface area contributed by atoms with Gasteiger partial charge >= 0.3 is 24.4 Å². The first kappa shape index (κ1) is 41.7. The van der Waals surface area contributed by atoms with Gasteiger partial charge in [0.1, 0.15) is 17.6 Å². The van der Waals surface area contributed by atoms with Crippen LogP contribution in [0.1, 0.15) is 92.9 Å². The lowest BCUT2D eigenvalue weighted by atomic mass is 10.2. The summed E-state index contributed by atoms with van der Waals surface area (Å²) in [4.78, 5) is 75.6. The second kappa shape index (κ2) is 22.2. The molecule has 264 valence electrons. The first-order valence-corrected chi connectivity index (χ1v) is 15.4. The lowest BCUT2D eigenvalue weighted by Crippen LogP contribution is -2.45. The number of hydrogen-bond donors (Lipinski definition) is 7. The molecule has 0 rings (SSSR count). The summed E-state index contributed by atoms with van der Waals surface area (Å²) in [7, 11) is 0. The molecule has 0 bridgehead atoms. The highest BCUT2D eigenvalue weighted by Gasteiger charge is 2.22. The lowest BCUT2D eigenvalue weighted by molar-refractivity contribution is -0.129. The maximum Gasteiger partial charge on any atom is 0.414 e. The molecule has 0 heterocycles. The number of alkyl carbamates (subject to hydrolysis) is 1. The summed E-state index contributed by atoms with van der Waals surface area (Å²) in [6.45, 7) is 12.2. The van der Waals surface area contributed by atoms with E-state index in [1.807, 2.05) is 5.32 Å². The Labute approximate surface area is 270 Å². The second-order valence-corrected chi connectivity index (χ2v) is 12.3. The fourth-order valence-electron chi connectivity index (χ4n) is 3.63. The second-order valence-electron chi connectivity index (χ2n) is 12.3. The first-order valence-electron chi connectivity index (χ1n) is 15.4. The number of ether oxygens (including phenoxy) is 2. The number of carbonyl (C=O) groups is 6. The Balaban J connectivity index is 4.22. The van der Waals surface area contributed by atoms with Gasteiger partial charge in [-0.1, -0.05) is 12.8 Å². The van der Waals surface area contributed by atoms with Crippen LogP contribution in [0.25, 0.3) is 0 Å². The minimum absolute atomic E-state index is 0.202. The molecule has 6 amide bonds. The van der Waals surface area contributed by atoms with E-state index in [4.69, 9.17) is 19.7 Å². The van der Waals surface area contributed by atoms with Crippen LogP contribution in [0.2, 0.25) is 0 Å². The van der Waals surface area contributed by atoms with E-state index in [1.54, 1.807) is 41.5 Å².